The van der Waals surface area contributed by atoms with Gasteiger partial charge in [0.15, 0.2) is 6.61 Å². The van der Waals surface area contributed by atoms with Gasteiger partial charge >= 0.3 is 5.97 Å². The topological polar surface area (TPSA) is 75.6 Å². The number of para-hydroxylation sites is 1. The number of benzene rings is 1. The maximum absolute atomic E-state index is 11.7. The second kappa shape index (κ2) is 6.78. The Morgan fingerprint density at radius 1 is 1.32 bits per heavy atom. The fourth-order valence-corrected chi connectivity index (χ4v) is 1.73. The normalized spacial score (nSPS) is 13.4. The van der Waals surface area contributed by atoms with Gasteiger partial charge in [0.2, 0.25) is 0 Å². The number of hydrogen-bond acceptors (Lipinski definition) is 3. The lowest BCUT2D eigenvalue weighted by molar-refractivity contribution is -0.147. The number of ether oxygens (including phenoxy) is 1. The Hall–Kier alpha value is -2.04. The van der Waals surface area contributed by atoms with E-state index in [-0.39, 0.29) is 6.61 Å². The lowest BCUT2D eigenvalue weighted by Gasteiger charge is -2.25. The van der Waals surface area contributed by atoms with Gasteiger partial charge in [0.05, 0.1) is 0 Å². The van der Waals surface area contributed by atoms with E-state index >= 15 is 0 Å². The van der Waals surface area contributed by atoms with Crippen LogP contribution >= 0.6 is 0 Å². The fourth-order valence-electron chi connectivity index (χ4n) is 1.73. The van der Waals surface area contributed by atoms with Crippen molar-refractivity contribution in [2.75, 3.05) is 6.61 Å². The number of carboxylic acid groups (broad SMARTS) is 1. The number of amides is 1. The Balaban J connectivity index is 2.52. The molecule has 0 aromatic heterocycles. The van der Waals surface area contributed by atoms with Crippen LogP contribution in [0.4, 0.5) is 0 Å². The van der Waals surface area contributed by atoms with Crippen LogP contribution in [-0.4, -0.2) is 29.1 Å². The molecule has 0 heterocycles. The summed E-state index contributed by atoms with van der Waals surface area (Å²) in [5.74, 6) is -0.908. The summed E-state index contributed by atoms with van der Waals surface area (Å²) in [6, 6.07) is 8.90. The van der Waals surface area contributed by atoms with Crippen molar-refractivity contribution in [3.05, 3.63) is 30.3 Å². The minimum Gasteiger partial charge on any atom is -0.484 e. The van der Waals surface area contributed by atoms with Gasteiger partial charge in [0.25, 0.3) is 5.91 Å². The van der Waals surface area contributed by atoms with Crippen LogP contribution in [0.1, 0.15) is 26.7 Å². The van der Waals surface area contributed by atoms with E-state index in [9.17, 15) is 9.59 Å². The molecule has 19 heavy (non-hydrogen) atoms. The van der Waals surface area contributed by atoms with E-state index in [1.165, 1.54) is 6.92 Å². The smallest absolute Gasteiger partial charge is 0.329 e. The monoisotopic (exact) mass is 265 g/mol. The minimum atomic E-state index is -1.24. The van der Waals surface area contributed by atoms with Gasteiger partial charge < -0.3 is 15.2 Å². The van der Waals surface area contributed by atoms with Crippen LogP contribution in [0.15, 0.2) is 30.3 Å². The summed E-state index contributed by atoms with van der Waals surface area (Å²) >= 11 is 0. The maximum atomic E-state index is 11.7. The molecule has 0 fully saturated rings. The van der Waals surface area contributed by atoms with Gasteiger partial charge in [-0.25, -0.2) is 4.79 Å². The second-order valence-corrected chi connectivity index (χ2v) is 4.54. The molecule has 104 valence electrons. The average molecular weight is 265 g/mol. The van der Waals surface area contributed by atoms with Gasteiger partial charge in [-0.1, -0.05) is 31.5 Å². The van der Waals surface area contributed by atoms with Gasteiger partial charge in [-0.2, -0.15) is 0 Å². The molecule has 1 rings (SSSR count). The Morgan fingerprint density at radius 2 is 1.95 bits per heavy atom. The largest absolute Gasteiger partial charge is 0.484 e. The molecule has 0 aliphatic rings. The van der Waals surface area contributed by atoms with Crippen molar-refractivity contribution < 1.29 is 19.4 Å². The molecular weight excluding hydrogens is 246 g/mol. The first-order chi connectivity index (χ1) is 8.98. The van der Waals surface area contributed by atoms with E-state index in [1.807, 2.05) is 13.0 Å². The lowest BCUT2D eigenvalue weighted by Crippen LogP contribution is -2.53. The van der Waals surface area contributed by atoms with Gasteiger partial charge in [0.1, 0.15) is 11.3 Å². The predicted molar refractivity (Wildman–Crippen MR) is 71.0 cm³/mol. The SMILES string of the molecule is CCCC(C)(NC(=O)COc1ccccc1)C(=O)O. The van der Waals surface area contributed by atoms with Crippen molar-refractivity contribution in [2.45, 2.75) is 32.2 Å². The Bertz CT molecular complexity index is 432. The standard InChI is InChI=1S/C14H19NO4/c1-3-9-14(2,13(17)18)15-12(16)10-19-11-7-5-4-6-8-11/h4-8H,3,9-10H2,1-2H3,(H,15,16)(H,17,18). The fraction of sp³-hybridized carbons (Fsp3) is 0.429. The molecule has 0 bridgehead atoms. The summed E-state index contributed by atoms with van der Waals surface area (Å²) in [6.07, 6.45) is 1.04. The van der Waals surface area contributed by atoms with Crippen molar-refractivity contribution in [3.8, 4) is 5.75 Å². The number of hydrogen-bond donors (Lipinski definition) is 2. The summed E-state index contributed by atoms with van der Waals surface area (Å²) in [5, 5.41) is 11.6. The molecular formula is C14H19NO4. The van der Waals surface area contributed by atoms with Crippen LogP contribution in [0.2, 0.25) is 0 Å². The molecule has 0 aliphatic carbocycles. The molecule has 0 saturated heterocycles. The quantitative estimate of drug-likeness (QED) is 0.788. The van der Waals surface area contributed by atoms with E-state index in [2.05, 4.69) is 5.32 Å². The number of nitrogens with one attached hydrogen (secondary N) is 1. The van der Waals surface area contributed by atoms with Gasteiger partial charge in [-0.15, -0.1) is 0 Å². The molecule has 2 N–H and O–H groups in total. The van der Waals surface area contributed by atoms with Crippen molar-refractivity contribution in [1.29, 1.82) is 0 Å². The molecule has 5 heteroatoms. The van der Waals surface area contributed by atoms with Gasteiger partial charge in [0, 0.05) is 0 Å². The number of aliphatic carboxylic acids is 1. The van der Waals surface area contributed by atoms with E-state index in [0.29, 0.717) is 18.6 Å². The summed E-state index contributed by atoms with van der Waals surface area (Å²) in [6.45, 7) is 3.17. The third kappa shape index (κ3) is 4.62. The summed E-state index contributed by atoms with van der Waals surface area (Å²) in [7, 11) is 0. The van der Waals surface area contributed by atoms with Gasteiger partial charge in [-0.05, 0) is 25.5 Å². The molecule has 0 aliphatic heterocycles. The first kappa shape index (κ1) is 15.0. The number of carbonyl (C=O) groups excluding carboxylic acids is 1. The molecule has 1 atom stereocenters. The van der Waals surface area contributed by atoms with Crippen LogP contribution < -0.4 is 10.1 Å². The average Bonchev–Trinajstić information content (AvgIpc) is 2.37. The Morgan fingerprint density at radius 3 is 2.47 bits per heavy atom. The van der Waals surface area contributed by atoms with E-state index in [4.69, 9.17) is 9.84 Å². The number of rotatable bonds is 7. The zero-order valence-electron chi connectivity index (χ0n) is 11.2. The van der Waals surface area contributed by atoms with Crippen molar-refractivity contribution >= 4 is 11.9 Å². The van der Waals surface area contributed by atoms with E-state index in [0.717, 1.165) is 0 Å². The van der Waals surface area contributed by atoms with Crippen LogP contribution in [0.5, 0.6) is 5.75 Å². The zero-order chi connectivity index (χ0) is 14.3. The molecule has 5 nitrogen and oxygen atoms in total. The molecule has 1 amide bonds. The first-order valence-electron chi connectivity index (χ1n) is 6.20. The molecule has 0 radical (unpaired) electrons. The van der Waals surface area contributed by atoms with E-state index < -0.39 is 17.4 Å². The Kier molecular flexibility index (Phi) is 5.36. The predicted octanol–water partition coefficient (Wildman–Crippen LogP) is 1.82. The van der Waals surface area contributed by atoms with E-state index in [1.54, 1.807) is 24.3 Å². The lowest BCUT2D eigenvalue weighted by atomic mass is 9.96. The molecule has 0 saturated carbocycles. The highest BCUT2D eigenvalue weighted by molar-refractivity contribution is 5.87. The van der Waals surface area contributed by atoms with Crippen molar-refractivity contribution in [1.82, 2.24) is 5.32 Å². The third-order valence-corrected chi connectivity index (χ3v) is 2.75. The third-order valence-electron chi connectivity index (χ3n) is 2.75. The number of carbonyl (C=O) groups is 2. The molecule has 1 aromatic rings. The minimum absolute atomic E-state index is 0.198. The highest BCUT2D eigenvalue weighted by Gasteiger charge is 2.33. The second-order valence-electron chi connectivity index (χ2n) is 4.54. The van der Waals surface area contributed by atoms with Gasteiger partial charge in [-0.3, -0.25) is 4.79 Å². The molecule has 1 unspecified atom stereocenters. The summed E-state index contributed by atoms with van der Waals surface area (Å²) in [5.41, 5.74) is -1.24. The highest BCUT2D eigenvalue weighted by atomic mass is 16.5. The summed E-state index contributed by atoms with van der Waals surface area (Å²) < 4.78 is 5.27. The molecule has 0 spiro atoms. The van der Waals surface area contributed by atoms with Crippen LogP contribution in [0, 0.1) is 0 Å². The summed E-state index contributed by atoms with van der Waals surface area (Å²) in [4.78, 5) is 22.9. The highest BCUT2D eigenvalue weighted by Crippen LogP contribution is 2.13. The first-order valence-corrected chi connectivity index (χ1v) is 6.20. The van der Waals surface area contributed by atoms with Crippen LogP contribution in [0.25, 0.3) is 0 Å². The molecule has 1 aromatic carbocycles. The van der Waals surface area contributed by atoms with Crippen molar-refractivity contribution in [2.24, 2.45) is 0 Å². The number of carboxylic acids is 1. The zero-order valence-corrected chi connectivity index (χ0v) is 11.2. The maximum Gasteiger partial charge on any atom is 0.329 e. The van der Waals surface area contributed by atoms with Crippen molar-refractivity contribution in [3.63, 3.8) is 0 Å². The van der Waals surface area contributed by atoms with Crippen LogP contribution in [0.3, 0.4) is 0 Å². The Labute approximate surface area is 112 Å². The van der Waals surface area contributed by atoms with Crippen LogP contribution in [-0.2, 0) is 9.59 Å².